The summed E-state index contributed by atoms with van der Waals surface area (Å²) in [6, 6.07) is 1.35. The molecule has 0 unspecified atom stereocenters. The van der Waals surface area contributed by atoms with Gasteiger partial charge in [0.15, 0.2) is 0 Å². The Morgan fingerprint density at radius 1 is 1.22 bits per heavy atom. The number of amides is 1. The summed E-state index contributed by atoms with van der Waals surface area (Å²) in [6.07, 6.45) is -1.15. The molecule has 0 N–H and O–H groups in total. The molecule has 0 radical (unpaired) electrons. The van der Waals surface area contributed by atoms with Crippen LogP contribution < -0.4 is 4.90 Å². The van der Waals surface area contributed by atoms with Gasteiger partial charge < -0.3 is 9.80 Å². The Hall–Kier alpha value is -2.03. The molecule has 0 bridgehead atoms. The van der Waals surface area contributed by atoms with Gasteiger partial charge in [-0.1, -0.05) is 11.6 Å². The number of benzene rings is 1. The number of likely N-dealkylation sites (tertiary alicyclic amines) is 1. The average molecular weight is 406 g/mol. The SMILES string of the molecule is O=C1CCCN1C[C@@H]1CCCCN1c1cc(Cl)c(C(F)(F)F)cc1[N+](=O)[O-]. The van der Waals surface area contributed by atoms with Crippen molar-refractivity contribution in [2.45, 2.75) is 44.3 Å². The maximum Gasteiger partial charge on any atom is 0.418 e. The molecule has 1 amide bonds. The molecule has 0 saturated carbocycles. The monoisotopic (exact) mass is 405 g/mol. The van der Waals surface area contributed by atoms with Crippen LogP contribution in [-0.2, 0) is 11.0 Å². The third kappa shape index (κ3) is 4.12. The van der Waals surface area contributed by atoms with E-state index in [1.165, 1.54) is 0 Å². The molecule has 10 heteroatoms. The Kier molecular flexibility index (Phi) is 5.50. The molecule has 3 rings (SSSR count). The molecule has 0 spiro atoms. The standard InChI is InChI=1S/C17H19ClF3N3O3/c18-13-9-14(15(24(26)27)8-12(13)17(19,20)21)23-7-2-1-4-11(23)10-22-6-3-5-16(22)25/h8-9,11H,1-7,10H2/t11-/m0/s1. The van der Waals surface area contributed by atoms with E-state index in [1.54, 1.807) is 9.80 Å². The highest BCUT2D eigenvalue weighted by Crippen LogP contribution is 2.42. The number of piperidine rings is 1. The minimum Gasteiger partial charge on any atom is -0.361 e. The molecule has 2 saturated heterocycles. The van der Waals surface area contributed by atoms with Gasteiger partial charge in [-0.3, -0.25) is 14.9 Å². The zero-order valence-electron chi connectivity index (χ0n) is 14.5. The summed E-state index contributed by atoms with van der Waals surface area (Å²) in [5.74, 6) is 0.0421. The zero-order valence-corrected chi connectivity index (χ0v) is 15.2. The van der Waals surface area contributed by atoms with Gasteiger partial charge in [0, 0.05) is 38.2 Å². The summed E-state index contributed by atoms with van der Waals surface area (Å²) in [5, 5.41) is 10.9. The second kappa shape index (κ2) is 7.53. The number of hydrogen-bond donors (Lipinski definition) is 0. The average Bonchev–Trinajstić information content (AvgIpc) is 2.98. The molecule has 1 aromatic rings. The lowest BCUT2D eigenvalue weighted by atomic mass is 9.99. The first kappa shape index (κ1) is 19.7. The fraction of sp³-hybridized carbons (Fsp3) is 0.588. The molecule has 148 valence electrons. The molecule has 0 aliphatic carbocycles. The first-order chi connectivity index (χ1) is 12.7. The fourth-order valence-electron chi connectivity index (χ4n) is 3.80. The molecule has 1 atom stereocenters. The zero-order chi connectivity index (χ0) is 19.8. The topological polar surface area (TPSA) is 66.7 Å². The van der Waals surface area contributed by atoms with E-state index in [9.17, 15) is 28.1 Å². The minimum absolute atomic E-state index is 0.0421. The lowest BCUT2D eigenvalue weighted by Gasteiger charge is -2.39. The van der Waals surface area contributed by atoms with Gasteiger partial charge in [-0.05, 0) is 31.7 Å². The Morgan fingerprint density at radius 3 is 2.56 bits per heavy atom. The molecular weight excluding hydrogens is 387 g/mol. The van der Waals surface area contributed by atoms with Crippen LogP contribution in [0.25, 0.3) is 0 Å². The molecule has 0 aromatic heterocycles. The third-order valence-electron chi connectivity index (χ3n) is 5.11. The number of rotatable bonds is 4. The van der Waals surface area contributed by atoms with Gasteiger partial charge in [0.2, 0.25) is 5.91 Å². The van der Waals surface area contributed by atoms with Crippen LogP contribution in [0.1, 0.15) is 37.7 Å². The van der Waals surface area contributed by atoms with E-state index in [4.69, 9.17) is 11.6 Å². The highest BCUT2D eigenvalue weighted by Gasteiger charge is 2.38. The van der Waals surface area contributed by atoms with E-state index >= 15 is 0 Å². The summed E-state index contributed by atoms with van der Waals surface area (Å²) in [4.78, 5) is 26.0. The van der Waals surface area contributed by atoms with Crippen molar-refractivity contribution in [2.24, 2.45) is 0 Å². The Labute approximate surface area is 159 Å². The van der Waals surface area contributed by atoms with Gasteiger partial charge in [0.05, 0.1) is 15.5 Å². The summed E-state index contributed by atoms with van der Waals surface area (Å²) in [5.41, 5.74) is -1.76. The van der Waals surface area contributed by atoms with Crippen molar-refractivity contribution in [3.8, 4) is 0 Å². The molecule has 2 aliphatic heterocycles. The fourth-order valence-corrected chi connectivity index (χ4v) is 4.07. The first-order valence-corrected chi connectivity index (χ1v) is 9.16. The van der Waals surface area contributed by atoms with Crippen molar-refractivity contribution in [1.29, 1.82) is 0 Å². The van der Waals surface area contributed by atoms with Crippen LogP contribution in [0.2, 0.25) is 5.02 Å². The van der Waals surface area contributed by atoms with Crippen LogP contribution in [-0.4, -0.2) is 41.4 Å². The Balaban J connectivity index is 1.97. The number of alkyl halides is 3. The van der Waals surface area contributed by atoms with Gasteiger partial charge in [-0.2, -0.15) is 13.2 Å². The Bertz CT molecular complexity index is 757. The van der Waals surface area contributed by atoms with E-state index in [-0.39, 0.29) is 17.6 Å². The molecule has 27 heavy (non-hydrogen) atoms. The van der Waals surface area contributed by atoms with Gasteiger partial charge in [-0.25, -0.2) is 0 Å². The minimum atomic E-state index is -4.77. The van der Waals surface area contributed by atoms with Gasteiger partial charge in [-0.15, -0.1) is 0 Å². The molecule has 1 aromatic carbocycles. The van der Waals surface area contributed by atoms with Gasteiger partial charge in [0.1, 0.15) is 5.69 Å². The molecule has 2 fully saturated rings. The number of carbonyl (C=O) groups excluding carboxylic acids is 1. The van der Waals surface area contributed by atoms with Crippen LogP contribution in [0.5, 0.6) is 0 Å². The third-order valence-corrected chi connectivity index (χ3v) is 5.42. The van der Waals surface area contributed by atoms with E-state index in [1.807, 2.05) is 0 Å². The number of halogens is 4. The van der Waals surface area contributed by atoms with Crippen molar-refractivity contribution >= 4 is 28.9 Å². The normalized spacial score (nSPS) is 21.0. The van der Waals surface area contributed by atoms with Crippen LogP contribution in [0, 0.1) is 10.1 Å². The first-order valence-electron chi connectivity index (χ1n) is 8.78. The lowest BCUT2D eigenvalue weighted by Crippen LogP contribution is -2.47. The number of carbonyl (C=O) groups is 1. The van der Waals surface area contributed by atoms with Crippen LogP contribution in [0.3, 0.4) is 0 Å². The van der Waals surface area contributed by atoms with E-state index in [2.05, 4.69) is 0 Å². The summed E-state index contributed by atoms with van der Waals surface area (Å²) in [7, 11) is 0. The maximum absolute atomic E-state index is 13.1. The van der Waals surface area contributed by atoms with Crippen LogP contribution >= 0.6 is 11.6 Å². The highest BCUT2D eigenvalue weighted by molar-refractivity contribution is 6.31. The second-order valence-corrected chi connectivity index (χ2v) is 7.27. The summed E-state index contributed by atoms with van der Waals surface area (Å²) >= 11 is 5.82. The molecule has 6 nitrogen and oxygen atoms in total. The number of nitrogens with zero attached hydrogens (tertiary/aromatic N) is 3. The predicted molar refractivity (Wildman–Crippen MR) is 93.9 cm³/mol. The molecule has 2 heterocycles. The smallest absolute Gasteiger partial charge is 0.361 e. The van der Waals surface area contributed by atoms with E-state index < -0.39 is 27.4 Å². The van der Waals surface area contributed by atoms with Crippen molar-refractivity contribution in [3.63, 3.8) is 0 Å². The lowest BCUT2D eigenvalue weighted by molar-refractivity contribution is -0.384. The number of hydrogen-bond acceptors (Lipinski definition) is 4. The number of nitro benzene ring substituents is 1. The highest BCUT2D eigenvalue weighted by atomic mass is 35.5. The van der Waals surface area contributed by atoms with E-state index in [0.29, 0.717) is 38.5 Å². The van der Waals surface area contributed by atoms with Gasteiger partial charge in [0.25, 0.3) is 5.69 Å². The van der Waals surface area contributed by atoms with Crippen molar-refractivity contribution in [1.82, 2.24) is 4.90 Å². The van der Waals surface area contributed by atoms with Gasteiger partial charge >= 0.3 is 6.18 Å². The van der Waals surface area contributed by atoms with Crippen LogP contribution in [0.15, 0.2) is 12.1 Å². The maximum atomic E-state index is 13.1. The van der Waals surface area contributed by atoms with E-state index in [0.717, 1.165) is 25.3 Å². The van der Waals surface area contributed by atoms with Crippen molar-refractivity contribution in [2.75, 3.05) is 24.5 Å². The summed E-state index contributed by atoms with van der Waals surface area (Å²) < 4.78 is 39.3. The van der Waals surface area contributed by atoms with Crippen LogP contribution in [0.4, 0.5) is 24.5 Å². The quantitative estimate of drug-likeness (QED) is 0.555. The predicted octanol–water partition coefficient (Wildman–Crippen LogP) is 4.25. The van der Waals surface area contributed by atoms with Crippen molar-refractivity contribution < 1.29 is 22.9 Å². The Morgan fingerprint density at radius 2 is 1.96 bits per heavy atom. The molecule has 2 aliphatic rings. The number of nitro groups is 1. The molecular formula is C17H19ClF3N3O3. The largest absolute Gasteiger partial charge is 0.418 e. The second-order valence-electron chi connectivity index (χ2n) is 6.86. The van der Waals surface area contributed by atoms with Crippen molar-refractivity contribution in [3.05, 3.63) is 32.8 Å². The summed E-state index contributed by atoms with van der Waals surface area (Å²) in [6.45, 7) is 1.52. The number of anilines is 1.